The minimum absolute atomic E-state index is 0.144. The highest BCUT2D eigenvalue weighted by Gasteiger charge is 2.42. The van der Waals surface area contributed by atoms with Crippen LogP contribution in [0.5, 0.6) is 5.75 Å². The van der Waals surface area contributed by atoms with Crippen molar-refractivity contribution in [2.75, 3.05) is 7.11 Å². The lowest BCUT2D eigenvalue weighted by atomic mass is 10.00. The molecule has 1 aliphatic heterocycles. The number of carbonyl (C=O) groups is 2. The van der Waals surface area contributed by atoms with E-state index in [2.05, 4.69) is 0 Å². The largest absolute Gasteiger partial charge is 0.496 e. The minimum atomic E-state index is -0.298. The van der Waals surface area contributed by atoms with Gasteiger partial charge in [0.15, 0.2) is 0 Å². The fourth-order valence-electron chi connectivity index (χ4n) is 2.33. The average Bonchev–Trinajstić information content (AvgIpc) is 2.65. The van der Waals surface area contributed by atoms with Crippen LogP contribution in [0.4, 0.5) is 0 Å². The van der Waals surface area contributed by atoms with Crippen LogP contribution in [0.1, 0.15) is 25.0 Å². The summed E-state index contributed by atoms with van der Waals surface area (Å²) in [4.78, 5) is 25.4. The van der Waals surface area contributed by atoms with Crippen molar-refractivity contribution < 1.29 is 14.3 Å². The SMILES string of the molecule is COc1ccc(C#N)cc1CN1C(=O)C(C)C(C)C1=O. The second-order valence-electron chi connectivity index (χ2n) is 4.98. The molecule has 20 heavy (non-hydrogen) atoms. The van der Waals surface area contributed by atoms with Crippen LogP contribution < -0.4 is 4.74 Å². The van der Waals surface area contributed by atoms with Crippen molar-refractivity contribution in [3.8, 4) is 11.8 Å². The Hall–Kier alpha value is -2.35. The van der Waals surface area contributed by atoms with Gasteiger partial charge in [-0.25, -0.2) is 0 Å². The lowest BCUT2D eigenvalue weighted by molar-refractivity contribution is -0.140. The Balaban J connectivity index is 2.33. The van der Waals surface area contributed by atoms with Gasteiger partial charge in [-0.2, -0.15) is 5.26 Å². The number of rotatable bonds is 3. The molecule has 0 aromatic heterocycles. The van der Waals surface area contributed by atoms with Gasteiger partial charge in [-0.1, -0.05) is 13.8 Å². The fraction of sp³-hybridized carbons (Fsp3) is 0.400. The fourth-order valence-corrected chi connectivity index (χ4v) is 2.33. The highest BCUT2D eigenvalue weighted by atomic mass is 16.5. The van der Waals surface area contributed by atoms with E-state index in [0.29, 0.717) is 16.9 Å². The molecule has 2 amide bonds. The first-order valence-corrected chi connectivity index (χ1v) is 6.41. The quantitative estimate of drug-likeness (QED) is 0.785. The van der Waals surface area contributed by atoms with Crippen molar-refractivity contribution in [1.82, 2.24) is 4.90 Å². The van der Waals surface area contributed by atoms with Crippen LogP contribution in [0.3, 0.4) is 0 Å². The maximum Gasteiger partial charge on any atom is 0.233 e. The average molecular weight is 272 g/mol. The normalized spacial score (nSPS) is 22.0. The zero-order valence-corrected chi connectivity index (χ0v) is 11.7. The number of amides is 2. The third kappa shape index (κ3) is 2.25. The highest BCUT2D eigenvalue weighted by molar-refractivity contribution is 6.04. The Morgan fingerprint density at radius 2 is 1.85 bits per heavy atom. The molecule has 1 aromatic carbocycles. The molecule has 1 saturated heterocycles. The number of hydrogen-bond acceptors (Lipinski definition) is 4. The summed E-state index contributed by atoms with van der Waals surface area (Å²) in [7, 11) is 1.52. The topological polar surface area (TPSA) is 70.4 Å². The summed E-state index contributed by atoms with van der Waals surface area (Å²) in [6.07, 6.45) is 0. The predicted molar refractivity (Wildman–Crippen MR) is 71.6 cm³/mol. The standard InChI is InChI=1S/C15H16N2O3/c1-9-10(2)15(19)17(14(9)18)8-12-6-11(7-16)4-5-13(12)20-3/h4-6,9-10H,8H2,1-3H3. The first kappa shape index (κ1) is 14.1. The number of methoxy groups -OCH3 is 1. The van der Waals surface area contributed by atoms with Crippen LogP contribution in [0.15, 0.2) is 18.2 Å². The molecule has 0 aliphatic carbocycles. The van der Waals surface area contributed by atoms with E-state index in [4.69, 9.17) is 10.00 Å². The molecule has 1 aromatic rings. The smallest absolute Gasteiger partial charge is 0.233 e. The van der Waals surface area contributed by atoms with Crippen LogP contribution in [0, 0.1) is 23.2 Å². The minimum Gasteiger partial charge on any atom is -0.496 e. The summed E-state index contributed by atoms with van der Waals surface area (Å²) in [5.74, 6) is -0.379. The molecule has 104 valence electrons. The first-order valence-electron chi connectivity index (χ1n) is 6.41. The molecule has 2 unspecified atom stereocenters. The number of imide groups is 1. The van der Waals surface area contributed by atoms with E-state index in [1.54, 1.807) is 32.0 Å². The first-order chi connectivity index (χ1) is 9.49. The predicted octanol–water partition coefficient (Wildman–Crippen LogP) is 1.71. The molecule has 0 saturated carbocycles. The number of hydrogen-bond donors (Lipinski definition) is 0. The molecule has 1 aliphatic rings. The molecular formula is C15H16N2O3. The molecule has 5 nitrogen and oxygen atoms in total. The summed E-state index contributed by atoms with van der Waals surface area (Å²) in [6, 6.07) is 7.00. The molecule has 1 fully saturated rings. The third-order valence-electron chi connectivity index (χ3n) is 3.80. The van der Waals surface area contributed by atoms with Crippen molar-refractivity contribution in [3.05, 3.63) is 29.3 Å². The van der Waals surface area contributed by atoms with Gasteiger partial charge in [0.25, 0.3) is 0 Å². The molecule has 2 rings (SSSR count). The second-order valence-corrected chi connectivity index (χ2v) is 4.98. The lowest BCUT2D eigenvalue weighted by Crippen LogP contribution is -2.30. The summed E-state index contributed by atoms with van der Waals surface area (Å²) in [5, 5.41) is 8.94. The van der Waals surface area contributed by atoms with Gasteiger partial charge < -0.3 is 4.74 Å². The summed E-state index contributed by atoms with van der Waals surface area (Å²) >= 11 is 0. The van der Waals surface area contributed by atoms with E-state index >= 15 is 0 Å². The van der Waals surface area contributed by atoms with Gasteiger partial charge in [0, 0.05) is 17.4 Å². The summed E-state index contributed by atoms with van der Waals surface area (Å²) in [6.45, 7) is 3.66. The summed E-state index contributed by atoms with van der Waals surface area (Å²) in [5.41, 5.74) is 1.13. The zero-order valence-electron chi connectivity index (χ0n) is 11.7. The van der Waals surface area contributed by atoms with E-state index in [1.165, 1.54) is 12.0 Å². The molecule has 2 atom stereocenters. The second kappa shape index (κ2) is 5.33. The van der Waals surface area contributed by atoms with Gasteiger partial charge in [0.2, 0.25) is 11.8 Å². The molecule has 0 spiro atoms. The van der Waals surface area contributed by atoms with Crippen molar-refractivity contribution in [3.63, 3.8) is 0 Å². The number of nitriles is 1. The summed E-state index contributed by atoms with van der Waals surface area (Å²) < 4.78 is 5.22. The van der Waals surface area contributed by atoms with Crippen molar-refractivity contribution >= 4 is 11.8 Å². The van der Waals surface area contributed by atoms with Crippen LogP contribution >= 0.6 is 0 Å². The van der Waals surface area contributed by atoms with Crippen LogP contribution in [0.25, 0.3) is 0 Å². The van der Waals surface area contributed by atoms with Crippen molar-refractivity contribution in [1.29, 1.82) is 5.26 Å². The van der Waals surface area contributed by atoms with E-state index < -0.39 is 0 Å². The monoisotopic (exact) mass is 272 g/mol. The Morgan fingerprint density at radius 3 is 2.35 bits per heavy atom. The van der Waals surface area contributed by atoms with Crippen LogP contribution in [-0.2, 0) is 16.1 Å². The Morgan fingerprint density at radius 1 is 1.25 bits per heavy atom. The number of likely N-dealkylation sites (tertiary alicyclic amines) is 1. The third-order valence-corrected chi connectivity index (χ3v) is 3.80. The molecule has 5 heteroatoms. The maximum atomic E-state index is 12.1. The number of ether oxygens (including phenoxy) is 1. The van der Waals surface area contributed by atoms with Crippen LogP contribution in [-0.4, -0.2) is 23.8 Å². The molecule has 0 bridgehead atoms. The Bertz CT molecular complexity index is 584. The van der Waals surface area contributed by atoms with Gasteiger partial charge >= 0.3 is 0 Å². The molecule has 1 heterocycles. The molecular weight excluding hydrogens is 256 g/mol. The zero-order chi connectivity index (χ0) is 14.9. The Labute approximate surface area is 117 Å². The maximum absolute atomic E-state index is 12.1. The lowest BCUT2D eigenvalue weighted by Gasteiger charge is -2.17. The van der Waals surface area contributed by atoms with Gasteiger partial charge in [0.1, 0.15) is 5.75 Å². The molecule has 0 radical (unpaired) electrons. The van der Waals surface area contributed by atoms with Crippen molar-refractivity contribution in [2.45, 2.75) is 20.4 Å². The number of benzene rings is 1. The van der Waals surface area contributed by atoms with E-state index in [-0.39, 0.29) is 30.2 Å². The van der Waals surface area contributed by atoms with Gasteiger partial charge in [-0.3, -0.25) is 14.5 Å². The van der Waals surface area contributed by atoms with E-state index in [1.807, 2.05) is 6.07 Å². The van der Waals surface area contributed by atoms with Gasteiger partial charge in [-0.05, 0) is 18.2 Å². The Kier molecular flexibility index (Phi) is 3.75. The van der Waals surface area contributed by atoms with Gasteiger partial charge in [0.05, 0.1) is 25.3 Å². The van der Waals surface area contributed by atoms with Crippen LogP contribution in [0.2, 0.25) is 0 Å². The highest BCUT2D eigenvalue weighted by Crippen LogP contribution is 2.29. The number of carbonyl (C=O) groups excluding carboxylic acids is 2. The molecule has 0 N–H and O–H groups in total. The van der Waals surface area contributed by atoms with E-state index in [9.17, 15) is 9.59 Å². The van der Waals surface area contributed by atoms with Gasteiger partial charge in [-0.15, -0.1) is 0 Å². The van der Waals surface area contributed by atoms with Crippen molar-refractivity contribution in [2.24, 2.45) is 11.8 Å². The van der Waals surface area contributed by atoms with E-state index in [0.717, 1.165) is 0 Å². The number of nitrogens with zero attached hydrogens (tertiary/aromatic N) is 2.